The fourth-order valence-electron chi connectivity index (χ4n) is 5.23. The number of hydrogen-bond donors (Lipinski definition) is 0. The fraction of sp³-hybridized carbons (Fsp3) is 0.500. The summed E-state index contributed by atoms with van der Waals surface area (Å²) < 4.78 is 11.7. The molecule has 2 aliphatic carbocycles. The highest BCUT2D eigenvalue weighted by Gasteiger charge is 2.64. The van der Waals surface area contributed by atoms with Crippen molar-refractivity contribution in [3.63, 3.8) is 0 Å². The van der Waals surface area contributed by atoms with Crippen LogP contribution < -0.4 is 9.47 Å². The van der Waals surface area contributed by atoms with Gasteiger partial charge in [0.25, 0.3) is 0 Å². The molecule has 4 atom stereocenters. The molecule has 5 rings (SSSR count). The number of piperidine rings is 1. The predicted molar refractivity (Wildman–Crippen MR) is 91.8 cm³/mol. The third-order valence-electron chi connectivity index (χ3n) is 6.21. The van der Waals surface area contributed by atoms with E-state index in [4.69, 9.17) is 9.47 Å². The lowest BCUT2D eigenvalue weighted by atomic mass is 9.53. The standard InChI is InChI=1S/C18H19NO3.BrH/c1-19-8-7-18-11-4-5-13(20)17(18)22-16-14(21-2)6-3-10(15(16)18)9-12(11)19;/h3-6,11-12,17H,7-9H2,1-2H3;1H/t11-,12-,17?,18-;/m0./s1. The maximum atomic E-state index is 12.5. The maximum Gasteiger partial charge on any atom is 0.196 e. The Morgan fingerprint density at radius 2 is 2.22 bits per heavy atom. The molecule has 5 heteroatoms. The number of likely N-dealkylation sites (N-methyl/N-ethyl adjacent to an activating group) is 1. The zero-order valence-electron chi connectivity index (χ0n) is 13.2. The first-order chi connectivity index (χ1) is 10.7. The Hall–Kier alpha value is -1.33. The van der Waals surface area contributed by atoms with Gasteiger partial charge in [0.05, 0.1) is 12.5 Å². The Labute approximate surface area is 146 Å². The van der Waals surface area contributed by atoms with Gasteiger partial charge in [0.2, 0.25) is 0 Å². The Balaban J connectivity index is 0.00000135. The van der Waals surface area contributed by atoms with Crippen molar-refractivity contribution in [2.45, 2.75) is 30.4 Å². The summed E-state index contributed by atoms with van der Waals surface area (Å²) in [5.41, 5.74) is 2.40. The van der Waals surface area contributed by atoms with E-state index in [9.17, 15) is 4.79 Å². The molecule has 1 aromatic carbocycles. The van der Waals surface area contributed by atoms with Crippen LogP contribution in [0, 0.1) is 5.92 Å². The number of carbonyl (C=O) groups is 1. The molecule has 23 heavy (non-hydrogen) atoms. The summed E-state index contributed by atoms with van der Waals surface area (Å²) in [4.78, 5) is 15.0. The van der Waals surface area contributed by atoms with Gasteiger partial charge in [0.15, 0.2) is 23.4 Å². The number of ketones is 1. The van der Waals surface area contributed by atoms with Gasteiger partial charge in [-0.15, -0.1) is 17.0 Å². The second-order valence-electron chi connectivity index (χ2n) is 6.96. The highest BCUT2D eigenvalue weighted by molar-refractivity contribution is 8.93. The monoisotopic (exact) mass is 377 g/mol. The van der Waals surface area contributed by atoms with E-state index in [-0.39, 0.29) is 34.3 Å². The lowest BCUT2D eigenvalue weighted by Crippen LogP contribution is -2.64. The van der Waals surface area contributed by atoms with Crippen LogP contribution in [0.2, 0.25) is 0 Å². The minimum atomic E-state index is -0.371. The highest BCUT2D eigenvalue weighted by Crippen LogP contribution is 2.61. The van der Waals surface area contributed by atoms with Crippen molar-refractivity contribution in [3.05, 3.63) is 35.4 Å². The van der Waals surface area contributed by atoms with E-state index in [1.807, 2.05) is 6.07 Å². The molecule has 1 fully saturated rings. The van der Waals surface area contributed by atoms with Crippen LogP contribution in [0.1, 0.15) is 17.5 Å². The van der Waals surface area contributed by atoms with Gasteiger partial charge in [-0.1, -0.05) is 12.1 Å². The molecule has 0 radical (unpaired) electrons. The summed E-state index contributed by atoms with van der Waals surface area (Å²) in [6, 6.07) is 4.60. The molecular formula is C18H20BrNO3. The van der Waals surface area contributed by atoms with Gasteiger partial charge in [-0.25, -0.2) is 0 Å². The van der Waals surface area contributed by atoms with Crippen LogP contribution in [-0.2, 0) is 16.6 Å². The van der Waals surface area contributed by atoms with Crippen molar-refractivity contribution in [1.82, 2.24) is 4.90 Å². The fourth-order valence-corrected chi connectivity index (χ4v) is 5.23. The zero-order chi connectivity index (χ0) is 15.1. The minimum absolute atomic E-state index is 0. The van der Waals surface area contributed by atoms with Crippen molar-refractivity contribution < 1.29 is 14.3 Å². The summed E-state index contributed by atoms with van der Waals surface area (Å²) in [6.45, 7) is 1.01. The third-order valence-corrected chi connectivity index (χ3v) is 6.21. The molecular weight excluding hydrogens is 358 g/mol. The number of ether oxygens (including phenoxy) is 2. The highest BCUT2D eigenvalue weighted by atomic mass is 79.9. The molecule has 1 spiro atoms. The van der Waals surface area contributed by atoms with E-state index < -0.39 is 0 Å². The number of nitrogens with zero attached hydrogens (tertiary/aromatic N) is 1. The van der Waals surface area contributed by atoms with Gasteiger partial charge < -0.3 is 14.4 Å². The van der Waals surface area contributed by atoms with Crippen LogP contribution in [0.4, 0.5) is 0 Å². The first-order valence-corrected chi connectivity index (χ1v) is 7.96. The molecule has 4 aliphatic rings. The largest absolute Gasteiger partial charge is 0.493 e. The van der Waals surface area contributed by atoms with Gasteiger partial charge in [-0.2, -0.15) is 0 Å². The Morgan fingerprint density at radius 1 is 1.39 bits per heavy atom. The van der Waals surface area contributed by atoms with E-state index in [1.165, 1.54) is 11.1 Å². The van der Waals surface area contributed by atoms with Crippen LogP contribution >= 0.6 is 17.0 Å². The first-order valence-electron chi connectivity index (χ1n) is 7.96. The summed E-state index contributed by atoms with van der Waals surface area (Å²) in [5, 5.41) is 0. The molecule has 4 nitrogen and oxygen atoms in total. The lowest BCUT2D eigenvalue weighted by molar-refractivity contribution is -0.127. The second kappa shape index (κ2) is 4.84. The van der Waals surface area contributed by atoms with Crippen LogP contribution in [0.3, 0.4) is 0 Å². The summed E-state index contributed by atoms with van der Waals surface area (Å²) in [7, 11) is 3.86. The summed E-state index contributed by atoms with van der Waals surface area (Å²) in [5.74, 6) is 2.03. The minimum Gasteiger partial charge on any atom is -0.493 e. The Morgan fingerprint density at radius 3 is 3.00 bits per heavy atom. The average molecular weight is 378 g/mol. The molecule has 1 unspecified atom stereocenters. The second-order valence-corrected chi connectivity index (χ2v) is 6.96. The summed E-state index contributed by atoms with van der Waals surface area (Å²) in [6.07, 6.45) is 5.50. The zero-order valence-corrected chi connectivity index (χ0v) is 15.0. The topological polar surface area (TPSA) is 38.8 Å². The number of likely N-dealkylation sites (tertiary alicyclic amines) is 1. The van der Waals surface area contributed by atoms with E-state index >= 15 is 0 Å². The Kier molecular flexibility index (Phi) is 3.20. The van der Waals surface area contributed by atoms with Gasteiger partial charge >= 0.3 is 0 Å². The number of methoxy groups -OCH3 is 1. The third kappa shape index (κ3) is 1.62. The maximum absolute atomic E-state index is 12.5. The summed E-state index contributed by atoms with van der Waals surface area (Å²) >= 11 is 0. The Bertz CT molecular complexity index is 731. The normalized spacial score (nSPS) is 36.1. The molecule has 122 valence electrons. The molecule has 0 amide bonds. The van der Waals surface area contributed by atoms with Gasteiger partial charge in [0, 0.05) is 17.5 Å². The molecule has 0 N–H and O–H groups in total. The van der Waals surface area contributed by atoms with Crippen LogP contribution in [0.15, 0.2) is 24.3 Å². The smallest absolute Gasteiger partial charge is 0.196 e. The molecule has 2 heterocycles. The van der Waals surface area contributed by atoms with Crippen LogP contribution in [0.25, 0.3) is 0 Å². The van der Waals surface area contributed by atoms with E-state index in [0.717, 1.165) is 30.9 Å². The number of hydrogen-bond acceptors (Lipinski definition) is 4. The van der Waals surface area contributed by atoms with Crippen LogP contribution in [-0.4, -0.2) is 43.5 Å². The number of halogens is 1. The van der Waals surface area contributed by atoms with Gasteiger partial charge in [-0.3, -0.25) is 4.79 Å². The van der Waals surface area contributed by atoms with Crippen molar-refractivity contribution in [2.75, 3.05) is 20.7 Å². The van der Waals surface area contributed by atoms with Crippen LogP contribution in [0.5, 0.6) is 11.5 Å². The van der Waals surface area contributed by atoms with Crippen molar-refractivity contribution >= 4 is 22.8 Å². The van der Waals surface area contributed by atoms with E-state index in [0.29, 0.717) is 12.0 Å². The lowest BCUT2D eigenvalue weighted by Gasteiger charge is -2.55. The molecule has 2 bridgehead atoms. The molecule has 0 aromatic heterocycles. The number of benzene rings is 1. The first kappa shape index (κ1) is 15.2. The quantitative estimate of drug-likeness (QED) is 0.752. The van der Waals surface area contributed by atoms with Crippen molar-refractivity contribution in [1.29, 1.82) is 0 Å². The number of carbonyl (C=O) groups excluding carboxylic acids is 1. The molecule has 0 saturated carbocycles. The van der Waals surface area contributed by atoms with Crippen molar-refractivity contribution in [2.24, 2.45) is 5.92 Å². The average Bonchev–Trinajstić information content (AvgIpc) is 2.88. The molecule has 1 aromatic rings. The van der Waals surface area contributed by atoms with Crippen molar-refractivity contribution in [3.8, 4) is 11.5 Å². The predicted octanol–water partition coefficient (Wildman–Crippen LogP) is 2.29. The van der Waals surface area contributed by atoms with E-state index in [2.05, 4.69) is 24.1 Å². The number of rotatable bonds is 1. The molecule has 2 aliphatic heterocycles. The SMILES string of the molecule is Br.COc1ccc2c3c1OC1C(=O)C=C[C@H]4[C@H](C2)N(C)CC[C@]314. The van der Waals surface area contributed by atoms with Gasteiger partial charge in [-0.05, 0) is 44.1 Å². The molecule has 1 saturated heterocycles. The van der Waals surface area contributed by atoms with E-state index in [1.54, 1.807) is 13.2 Å². The van der Waals surface area contributed by atoms with Gasteiger partial charge in [0.1, 0.15) is 0 Å².